The number of nitro groups is 1. The van der Waals surface area contributed by atoms with Crippen molar-refractivity contribution < 1.29 is 14.5 Å². The van der Waals surface area contributed by atoms with E-state index in [4.69, 9.17) is 10.00 Å². The van der Waals surface area contributed by atoms with E-state index in [9.17, 15) is 14.9 Å². The van der Waals surface area contributed by atoms with Gasteiger partial charge in [0.1, 0.15) is 5.75 Å². The summed E-state index contributed by atoms with van der Waals surface area (Å²) in [6.45, 7) is 0. The Hall–Kier alpha value is -4.55. The number of carbonyl (C=O) groups excluding carboxylic acids is 1. The van der Waals surface area contributed by atoms with E-state index in [1.54, 1.807) is 43.5 Å². The molecule has 0 atom stereocenters. The molecule has 0 aliphatic rings. The standard InChI is InChI=1S/C25H18N4O4S/c1-33-21-12-8-18(9-13-21)23-22(14-16-4-10-20(11-5-16)29(31)32)34-25(27-23)28-24(30)19-6-2-17(15-26)3-7-19/h2-13H,14H2,1H3,(H,27,28,30). The summed E-state index contributed by atoms with van der Waals surface area (Å²) in [7, 11) is 1.59. The van der Waals surface area contributed by atoms with E-state index < -0.39 is 4.92 Å². The van der Waals surface area contributed by atoms with Crippen molar-refractivity contribution in [1.82, 2.24) is 4.98 Å². The largest absolute Gasteiger partial charge is 0.497 e. The molecule has 0 aliphatic heterocycles. The number of methoxy groups -OCH3 is 1. The highest BCUT2D eigenvalue weighted by molar-refractivity contribution is 7.16. The molecule has 1 N–H and O–H groups in total. The molecule has 34 heavy (non-hydrogen) atoms. The van der Waals surface area contributed by atoms with Crippen LogP contribution in [-0.2, 0) is 6.42 Å². The number of nitriles is 1. The van der Waals surface area contributed by atoms with E-state index in [2.05, 4.69) is 10.3 Å². The van der Waals surface area contributed by atoms with Gasteiger partial charge in [0.05, 0.1) is 29.4 Å². The summed E-state index contributed by atoms with van der Waals surface area (Å²) in [5, 5.41) is 23.2. The van der Waals surface area contributed by atoms with Gasteiger partial charge in [-0.25, -0.2) is 4.98 Å². The predicted octanol–water partition coefficient (Wildman–Crippen LogP) is 5.44. The highest BCUT2D eigenvalue weighted by Gasteiger charge is 2.17. The predicted molar refractivity (Wildman–Crippen MR) is 129 cm³/mol. The fraction of sp³-hybridized carbons (Fsp3) is 0.0800. The van der Waals surface area contributed by atoms with Crippen LogP contribution in [0, 0.1) is 21.4 Å². The van der Waals surface area contributed by atoms with Crippen LogP contribution in [0.5, 0.6) is 5.75 Å². The minimum atomic E-state index is -0.434. The van der Waals surface area contributed by atoms with Gasteiger partial charge in [0, 0.05) is 34.6 Å². The van der Waals surface area contributed by atoms with E-state index in [0.717, 1.165) is 16.0 Å². The molecule has 4 aromatic rings. The summed E-state index contributed by atoms with van der Waals surface area (Å²) in [6, 6.07) is 22.2. The van der Waals surface area contributed by atoms with Crippen molar-refractivity contribution >= 4 is 28.1 Å². The Morgan fingerprint density at radius 3 is 2.35 bits per heavy atom. The third-order valence-electron chi connectivity index (χ3n) is 5.07. The lowest BCUT2D eigenvalue weighted by atomic mass is 10.1. The number of benzene rings is 3. The van der Waals surface area contributed by atoms with Crippen LogP contribution in [-0.4, -0.2) is 22.9 Å². The summed E-state index contributed by atoms with van der Waals surface area (Å²) in [5.41, 5.74) is 3.36. The number of thiazole rings is 1. The fourth-order valence-electron chi connectivity index (χ4n) is 3.29. The first-order valence-corrected chi connectivity index (χ1v) is 11.0. The van der Waals surface area contributed by atoms with Crippen molar-refractivity contribution in [3.63, 3.8) is 0 Å². The van der Waals surface area contributed by atoms with E-state index in [-0.39, 0.29) is 11.6 Å². The molecule has 4 rings (SSSR count). The molecular formula is C25H18N4O4S. The summed E-state index contributed by atoms with van der Waals surface area (Å²) in [4.78, 5) is 28.8. The molecule has 0 radical (unpaired) electrons. The molecule has 1 amide bonds. The molecule has 0 fully saturated rings. The van der Waals surface area contributed by atoms with Crippen LogP contribution >= 0.6 is 11.3 Å². The van der Waals surface area contributed by atoms with Crippen molar-refractivity contribution in [2.75, 3.05) is 12.4 Å². The maximum Gasteiger partial charge on any atom is 0.269 e. The van der Waals surface area contributed by atoms with Gasteiger partial charge in [-0.1, -0.05) is 12.1 Å². The first-order chi connectivity index (χ1) is 16.5. The Kier molecular flexibility index (Phi) is 6.62. The average molecular weight is 471 g/mol. The van der Waals surface area contributed by atoms with Crippen LogP contribution < -0.4 is 10.1 Å². The van der Waals surface area contributed by atoms with Crippen LogP contribution in [0.1, 0.15) is 26.4 Å². The molecule has 0 aliphatic carbocycles. The highest BCUT2D eigenvalue weighted by atomic mass is 32.1. The summed E-state index contributed by atoms with van der Waals surface area (Å²) >= 11 is 1.34. The van der Waals surface area contributed by atoms with Gasteiger partial charge in [-0.05, 0) is 54.1 Å². The third-order valence-corrected chi connectivity index (χ3v) is 6.04. The molecule has 0 saturated carbocycles. The number of hydrogen-bond acceptors (Lipinski definition) is 7. The maximum atomic E-state index is 12.7. The van der Waals surface area contributed by atoms with Crippen LogP contribution in [0.2, 0.25) is 0 Å². The molecule has 1 aromatic heterocycles. The topological polar surface area (TPSA) is 118 Å². The number of nitrogens with zero attached hydrogens (tertiary/aromatic N) is 3. The monoisotopic (exact) mass is 470 g/mol. The SMILES string of the molecule is COc1ccc(-c2nc(NC(=O)c3ccc(C#N)cc3)sc2Cc2ccc([N+](=O)[O-])cc2)cc1. The summed E-state index contributed by atoms with van der Waals surface area (Å²) in [5.74, 6) is 0.381. The van der Waals surface area contributed by atoms with Gasteiger partial charge in [-0.3, -0.25) is 20.2 Å². The number of ether oxygens (including phenoxy) is 1. The Bertz CT molecular complexity index is 1370. The smallest absolute Gasteiger partial charge is 0.269 e. The first-order valence-electron chi connectivity index (χ1n) is 10.2. The Morgan fingerprint density at radius 1 is 1.09 bits per heavy atom. The lowest BCUT2D eigenvalue weighted by Gasteiger charge is -2.05. The van der Waals surface area contributed by atoms with E-state index in [1.165, 1.54) is 23.5 Å². The van der Waals surface area contributed by atoms with Gasteiger partial charge < -0.3 is 4.74 Å². The van der Waals surface area contributed by atoms with Crippen molar-refractivity contribution in [3.8, 4) is 23.1 Å². The number of rotatable bonds is 7. The molecule has 0 bridgehead atoms. The minimum Gasteiger partial charge on any atom is -0.497 e. The van der Waals surface area contributed by atoms with Crippen LogP contribution in [0.25, 0.3) is 11.3 Å². The second-order valence-electron chi connectivity index (χ2n) is 7.26. The van der Waals surface area contributed by atoms with Gasteiger partial charge in [-0.15, -0.1) is 11.3 Å². The molecule has 3 aromatic carbocycles. The lowest BCUT2D eigenvalue weighted by molar-refractivity contribution is -0.384. The van der Waals surface area contributed by atoms with Crippen LogP contribution in [0.15, 0.2) is 72.8 Å². The van der Waals surface area contributed by atoms with Gasteiger partial charge in [0.15, 0.2) is 5.13 Å². The van der Waals surface area contributed by atoms with Gasteiger partial charge in [0.25, 0.3) is 11.6 Å². The van der Waals surface area contributed by atoms with Crippen LogP contribution in [0.3, 0.4) is 0 Å². The van der Waals surface area contributed by atoms with Crippen LogP contribution in [0.4, 0.5) is 10.8 Å². The average Bonchev–Trinajstić information content (AvgIpc) is 3.26. The minimum absolute atomic E-state index is 0.0267. The zero-order chi connectivity index (χ0) is 24.1. The molecule has 9 heteroatoms. The summed E-state index contributed by atoms with van der Waals surface area (Å²) < 4.78 is 5.23. The van der Waals surface area contributed by atoms with Crippen molar-refractivity contribution in [3.05, 3.63) is 104 Å². The van der Waals surface area contributed by atoms with Crippen molar-refractivity contribution in [2.24, 2.45) is 0 Å². The molecule has 168 valence electrons. The van der Waals surface area contributed by atoms with Gasteiger partial charge in [-0.2, -0.15) is 5.26 Å². The molecule has 0 unspecified atom stereocenters. The molecule has 1 heterocycles. The number of hydrogen-bond donors (Lipinski definition) is 1. The summed E-state index contributed by atoms with van der Waals surface area (Å²) in [6.07, 6.45) is 0.490. The molecule has 8 nitrogen and oxygen atoms in total. The zero-order valence-electron chi connectivity index (χ0n) is 18.0. The molecule has 0 saturated heterocycles. The Balaban J connectivity index is 1.64. The number of carbonyl (C=O) groups is 1. The maximum absolute atomic E-state index is 12.7. The van der Waals surface area contributed by atoms with E-state index in [0.29, 0.717) is 34.1 Å². The second-order valence-corrected chi connectivity index (χ2v) is 8.35. The second kappa shape index (κ2) is 9.94. The zero-order valence-corrected chi connectivity index (χ0v) is 18.8. The highest BCUT2D eigenvalue weighted by Crippen LogP contribution is 2.34. The van der Waals surface area contributed by atoms with E-state index in [1.807, 2.05) is 30.3 Å². The van der Waals surface area contributed by atoms with E-state index >= 15 is 0 Å². The third kappa shape index (κ3) is 5.09. The first kappa shape index (κ1) is 22.6. The van der Waals surface area contributed by atoms with Gasteiger partial charge in [0.2, 0.25) is 0 Å². The fourth-order valence-corrected chi connectivity index (χ4v) is 4.30. The number of nitro benzene ring substituents is 1. The number of amides is 1. The Labute approximate surface area is 199 Å². The van der Waals surface area contributed by atoms with Crippen molar-refractivity contribution in [1.29, 1.82) is 5.26 Å². The number of non-ortho nitro benzene ring substituents is 1. The van der Waals surface area contributed by atoms with Gasteiger partial charge >= 0.3 is 0 Å². The normalized spacial score (nSPS) is 10.4. The molecular weight excluding hydrogens is 452 g/mol. The quantitative estimate of drug-likeness (QED) is 0.284. The lowest BCUT2D eigenvalue weighted by Crippen LogP contribution is -2.11. The number of anilines is 1. The number of nitrogens with one attached hydrogen (secondary N) is 1. The van der Waals surface area contributed by atoms with Crippen molar-refractivity contribution in [2.45, 2.75) is 6.42 Å². The number of aromatic nitrogens is 1. The Morgan fingerprint density at radius 2 is 1.76 bits per heavy atom. The molecule has 0 spiro atoms.